The van der Waals surface area contributed by atoms with Gasteiger partial charge < -0.3 is 5.73 Å². The first-order valence-electron chi connectivity index (χ1n) is 4.86. The summed E-state index contributed by atoms with van der Waals surface area (Å²) in [5.41, 5.74) is 7.49. The summed E-state index contributed by atoms with van der Waals surface area (Å²) in [6.07, 6.45) is 0. The van der Waals surface area contributed by atoms with Crippen LogP contribution in [0.15, 0.2) is 6.07 Å². The van der Waals surface area contributed by atoms with Crippen molar-refractivity contribution in [1.82, 2.24) is 9.78 Å². The molecule has 17 heavy (non-hydrogen) atoms. The van der Waals surface area contributed by atoms with Crippen molar-refractivity contribution in [2.45, 2.75) is 19.9 Å². The lowest BCUT2D eigenvalue weighted by atomic mass is 10.2. The summed E-state index contributed by atoms with van der Waals surface area (Å²) in [6.45, 7) is 3.76. The average Bonchev–Trinajstić information content (AvgIpc) is 2.72. The van der Waals surface area contributed by atoms with Crippen LogP contribution in [0.3, 0.4) is 0 Å². The third kappa shape index (κ3) is 2.27. The zero-order chi connectivity index (χ0) is 12.7. The van der Waals surface area contributed by atoms with Crippen LogP contribution in [0, 0.1) is 6.92 Å². The Labute approximate surface area is 118 Å². The van der Waals surface area contributed by atoms with Crippen molar-refractivity contribution in [3.05, 3.63) is 31.0 Å². The Morgan fingerprint density at radius 2 is 2.06 bits per heavy atom. The van der Waals surface area contributed by atoms with Crippen LogP contribution < -0.4 is 5.73 Å². The first kappa shape index (κ1) is 13.0. The van der Waals surface area contributed by atoms with E-state index < -0.39 is 0 Å². The molecule has 0 bridgehead atoms. The zero-order valence-corrected chi connectivity index (χ0v) is 12.3. The molecule has 0 saturated heterocycles. The molecular formula is C10H10Cl3N3S. The number of anilines is 1. The van der Waals surface area contributed by atoms with Gasteiger partial charge in [0.1, 0.15) is 10.8 Å². The number of thiophene rings is 1. The Bertz CT molecular complexity index is 561. The van der Waals surface area contributed by atoms with Gasteiger partial charge in [0, 0.05) is 5.56 Å². The van der Waals surface area contributed by atoms with Gasteiger partial charge in [0.05, 0.1) is 20.4 Å². The summed E-state index contributed by atoms with van der Waals surface area (Å²) in [5, 5.41) is 4.78. The highest BCUT2D eigenvalue weighted by Crippen LogP contribution is 2.37. The fraction of sp³-hybridized carbons (Fsp3) is 0.300. The number of nitrogens with zero attached hydrogens (tertiary/aromatic N) is 2. The normalized spacial score (nSPS) is 13.0. The molecular weight excluding hydrogens is 301 g/mol. The molecule has 92 valence electrons. The zero-order valence-electron chi connectivity index (χ0n) is 9.17. The van der Waals surface area contributed by atoms with Gasteiger partial charge in [-0.1, -0.05) is 34.8 Å². The van der Waals surface area contributed by atoms with Gasteiger partial charge in [0.15, 0.2) is 0 Å². The number of hydrogen-bond acceptors (Lipinski definition) is 3. The molecule has 7 heteroatoms. The molecule has 0 spiro atoms. The molecule has 3 nitrogen and oxygen atoms in total. The van der Waals surface area contributed by atoms with Crippen molar-refractivity contribution in [2.24, 2.45) is 0 Å². The van der Waals surface area contributed by atoms with Crippen LogP contribution >= 0.6 is 46.1 Å². The van der Waals surface area contributed by atoms with Crippen molar-refractivity contribution in [3.8, 4) is 0 Å². The van der Waals surface area contributed by atoms with Crippen LogP contribution in [0.4, 0.5) is 5.82 Å². The Hall–Kier alpha value is -0.420. The third-order valence-corrected chi connectivity index (χ3v) is 4.53. The van der Waals surface area contributed by atoms with E-state index in [2.05, 4.69) is 5.10 Å². The number of rotatable bonds is 2. The SMILES string of the molecule is Cc1nn(C(C)c2cc(Cl)sc2Cl)c(N)c1Cl. The second-order valence-electron chi connectivity index (χ2n) is 3.68. The van der Waals surface area contributed by atoms with E-state index in [1.165, 1.54) is 11.3 Å². The Morgan fingerprint density at radius 3 is 2.47 bits per heavy atom. The van der Waals surface area contributed by atoms with E-state index in [1.807, 2.05) is 19.9 Å². The standard InChI is InChI=1S/C10H10Cl3N3S/c1-4-8(12)10(14)16(15-4)5(2)6-3-7(11)17-9(6)13/h3,5H,14H2,1-2H3. The molecule has 0 aliphatic heterocycles. The van der Waals surface area contributed by atoms with E-state index in [-0.39, 0.29) is 6.04 Å². The summed E-state index contributed by atoms with van der Waals surface area (Å²) in [6, 6.07) is 1.72. The van der Waals surface area contributed by atoms with Crippen LogP contribution in [0.2, 0.25) is 13.7 Å². The molecule has 0 aliphatic carbocycles. The van der Waals surface area contributed by atoms with Crippen molar-refractivity contribution >= 4 is 52.0 Å². The van der Waals surface area contributed by atoms with Crippen molar-refractivity contribution in [2.75, 3.05) is 5.73 Å². The first-order valence-corrected chi connectivity index (χ1v) is 6.81. The Kier molecular flexibility index (Phi) is 3.59. The van der Waals surface area contributed by atoms with Crippen molar-refractivity contribution < 1.29 is 0 Å². The van der Waals surface area contributed by atoms with Gasteiger partial charge in [-0.05, 0) is 19.9 Å². The predicted molar refractivity (Wildman–Crippen MR) is 74.5 cm³/mol. The van der Waals surface area contributed by atoms with E-state index in [0.29, 0.717) is 25.2 Å². The van der Waals surface area contributed by atoms with E-state index in [9.17, 15) is 0 Å². The largest absolute Gasteiger partial charge is 0.383 e. The third-order valence-electron chi connectivity index (χ3n) is 2.55. The molecule has 0 radical (unpaired) electrons. The highest BCUT2D eigenvalue weighted by molar-refractivity contribution is 7.20. The monoisotopic (exact) mass is 309 g/mol. The van der Waals surface area contributed by atoms with E-state index in [0.717, 1.165) is 5.56 Å². The maximum absolute atomic E-state index is 6.11. The molecule has 2 aromatic rings. The highest BCUT2D eigenvalue weighted by Gasteiger charge is 2.20. The minimum Gasteiger partial charge on any atom is -0.383 e. The summed E-state index contributed by atoms with van der Waals surface area (Å²) >= 11 is 19.4. The summed E-state index contributed by atoms with van der Waals surface area (Å²) < 4.78 is 2.94. The second kappa shape index (κ2) is 4.69. The molecule has 0 aliphatic rings. The fourth-order valence-corrected chi connectivity index (χ4v) is 3.37. The van der Waals surface area contributed by atoms with E-state index in [1.54, 1.807) is 4.68 Å². The maximum atomic E-state index is 6.11. The fourth-order valence-electron chi connectivity index (χ4n) is 1.61. The number of nitrogens with two attached hydrogens (primary N) is 1. The predicted octanol–water partition coefficient (Wildman–Crippen LogP) is 4.40. The highest BCUT2D eigenvalue weighted by atomic mass is 35.5. The lowest BCUT2D eigenvalue weighted by Gasteiger charge is -2.13. The van der Waals surface area contributed by atoms with E-state index in [4.69, 9.17) is 40.5 Å². The van der Waals surface area contributed by atoms with Gasteiger partial charge in [-0.2, -0.15) is 5.10 Å². The molecule has 2 aromatic heterocycles. The molecule has 0 saturated carbocycles. The van der Waals surface area contributed by atoms with Gasteiger partial charge in [-0.25, -0.2) is 4.68 Å². The number of hydrogen-bond donors (Lipinski definition) is 1. The molecule has 2 rings (SSSR count). The minimum atomic E-state index is -0.0996. The van der Waals surface area contributed by atoms with Gasteiger partial charge in [-0.15, -0.1) is 11.3 Å². The topological polar surface area (TPSA) is 43.8 Å². The number of nitrogen functional groups attached to an aromatic ring is 1. The molecule has 2 N–H and O–H groups in total. The Balaban J connectivity index is 2.47. The van der Waals surface area contributed by atoms with Gasteiger partial charge in [0.25, 0.3) is 0 Å². The minimum absolute atomic E-state index is 0.0996. The average molecular weight is 311 g/mol. The van der Waals surface area contributed by atoms with Crippen LogP contribution in [-0.4, -0.2) is 9.78 Å². The number of halogens is 3. The summed E-state index contributed by atoms with van der Waals surface area (Å²) in [5.74, 6) is 0.440. The molecule has 0 fully saturated rings. The Morgan fingerprint density at radius 1 is 1.41 bits per heavy atom. The second-order valence-corrected chi connectivity index (χ2v) is 6.35. The number of aromatic nitrogens is 2. The van der Waals surface area contributed by atoms with Crippen molar-refractivity contribution in [1.29, 1.82) is 0 Å². The summed E-state index contributed by atoms with van der Waals surface area (Å²) in [4.78, 5) is 0. The van der Waals surface area contributed by atoms with Gasteiger partial charge in [0.2, 0.25) is 0 Å². The van der Waals surface area contributed by atoms with Crippen LogP contribution in [-0.2, 0) is 0 Å². The summed E-state index contributed by atoms with van der Waals surface area (Å²) in [7, 11) is 0. The molecule has 2 heterocycles. The van der Waals surface area contributed by atoms with Crippen LogP contribution in [0.1, 0.15) is 24.2 Å². The van der Waals surface area contributed by atoms with Gasteiger partial charge >= 0.3 is 0 Å². The number of aryl methyl sites for hydroxylation is 1. The molecule has 1 atom stereocenters. The smallest absolute Gasteiger partial charge is 0.141 e. The van der Waals surface area contributed by atoms with E-state index >= 15 is 0 Å². The van der Waals surface area contributed by atoms with Crippen LogP contribution in [0.5, 0.6) is 0 Å². The van der Waals surface area contributed by atoms with Crippen molar-refractivity contribution in [3.63, 3.8) is 0 Å². The lowest BCUT2D eigenvalue weighted by Crippen LogP contribution is -2.11. The molecule has 1 unspecified atom stereocenters. The molecule has 0 amide bonds. The van der Waals surface area contributed by atoms with Crippen LogP contribution in [0.25, 0.3) is 0 Å². The maximum Gasteiger partial charge on any atom is 0.141 e. The molecule has 0 aromatic carbocycles. The van der Waals surface area contributed by atoms with Gasteiger partial charge in [-0.3, -0.25) is 0 Å². The quantitative estimate of drug-likeness (QED) is 0.893. The lowest BCUT2D eigenvalue weighted by molar-refractivity contribution is 0.570. The first-order chi connectivity index (χ1) is 7.91.